The van der Waals surface area contributed by atoms with Gasteiger partial charge in [0, 0.05) is 12.2 Å². The molecule has 3 aromatic rings. The van der Waals surface area contributed by atoms with Crippen LogP contribution >= 0.6 is 0 Å². The number of nitrogens with one attached hydrogen (secondary N) is 2. The minimum Gasteiger partial charge on any atom is -0.462 e. The number of hydrogen-bond donors (Lipinski definition) is 2. The van der Waals surface area contributed by atoms with Crippen molar-refractivity contribution in [2.45, 2.75) is 13.5 Å². The highest BCUT2D eigenvalue weighted by Crippen LogP contribution is 2.21. The fraction of sp³-hybridized carbons (Fsp3) is 0.130. The third-order valence-corrected chi connectivity index (χ3v) is 4.17. The van der Waals surface area contributed by atoms with Crippen molar-refractivity contribution >= 4 is 23.3 Å². The predicted molar refractivity (Wildman–Crippen MR) is 111 cm³/mol. The molecular formula is C23H22N2O3. The average molecular weight is 374 g/mol. The van der Waals surface area contributed by atoms with Crippen molar-refractivity contribution in [3.8, 4) is 0 Å². The van der Waals surface area contributed by atoms with Crippen LogP contribution in [0.3, 0.4) is 0 Å². The van der Waals surface area contributed by atoms with Gasteiger partial charge in [0.05, 0.1) is 23.4 Å². The molecule has 0 fully saturated rings. The minimum atomic E-state index is -0.464. The van der Waals surface area contributed by atoms with E-state index in [1.807, 2.05) is 42.5 Å². The molecule has 0 aromatic heterocycles. The van der Waals surface area contributed by atoms with Crippen molar-refractivity contribution < 1.29 is 14.3 Å². The Balaban J connectivity index is 1.78. The molecule has 0 aliphatic rings. The van der Waals surface area contributed by atoms with Gasteiger partial charge in [0.2, 0.25) is 0 Å². The predicted octanol–water partition coefficient (Wildman–Crippen LogP) is 4.73. The van der Waals surface area contributed by atoms with Crippen molar-refractivity contribution in [3.05, 3.63) is 95.6 Å². The summed E-state index contributed by atoms with van der Waals surface area (Å²) >= 11 is 0. The first kappa shape index (κ1) is 19.2. The maximum atomic E-state index is 12.9. The Morgan fingerprint density at radius 2 is 1.39 bits per heavy atom. The van der Waals surface area contributed by atoms with E-state index >= 15 is 0 Å². The van der Waals surface area contributed by atoms with E-state index in [1.54, 1.807) is 43.3 Å². The van der Waals surface area contributed by atoms with Crippen LogP contribution < -0.4 is 10.6 Å². The van der Waals surface area contributed by atoms with Gasteiger partial charge in [-0.25, -0.2) is 4.79 Å². The van der Waals surface area contributed by atoms with E-state index < -0.39 is 5.97 Å². The SMILES string of the molecule is CCOC(=O)c1ccccc1NC(=O)c1ccccc1NCc1ccccc1. The second-order valence-electron chi connectivity index (χ2n) is 6.10. The van der Waals surface area contributed by atoms with Gasteiger partial charge < -0.3 is 15.4 Å². The summed E-state index contributed by atoms with van der Waals surface area (Å²) in [5, 5.41) is 6.13. The minimum absolute atomic E-state index is 0.271. The highest BCUT2D eigenvalue weighted by Gasteiger charge is 2.16. The molecule has 0 heterocycles. The Kier molecular flexibility index (Phi) is 6.41. The second kappa shape index (κ2) is 9.37. The van der Waals surface area contributed by atoms with Crippen LogP contribution in [0.25, 0.3) is 0 Å². The van der Waals surface area contributed by atoms with Crippen LogP contribution in [0, 0.1) is 0 Å². The third-order valence-electron chi connectivity index (χ3n) is 4.17. The Morgan fingerprint density at radius 1 is 0.786 bits per heavy atom. The second-order valence-corrected chi connectivity index (χ2v) is 6.10. The van der Waals surface area contributed by atoms with Crippen LogP contribution in [0.15, 0.2) is 78.9 Å². The van der Waals surface area contributed by atoms with Gasteiger partial charge in [-0.15, -0.1) is 0 Å². The van der Waals surface area contributed by atoms with Crippen LogP contribution in [0.4, 0.5) is 11.4 Å². The fourth-order valence-corrected chi connectivity index (χ4v) is 2.80. The van der Waals surface area contributed by atoms with Gasteiger partial charge in [-0.3, -0.25) is 4.79 Å². The molecule has 0 saturated heterocycles. The lowest BCUT2D eigenvalue weighted by Gasteiger charge is -2.14. The lowest BCUT2D eigenvalue weighted by atomic mass is 10.1. The first-order valence-corrected chi connectivity index (χ1v) is 9.13. The molecule has 1 amide bonds. The number of para-hydroxylation sites is 2. The Labute approximate surface area is 164 Å². The van der Waals surface area contributed by atoms with Gasteiger partial charge in [-0.2, -0.15) is 0 Å². The fourth-order valence-electron chi connectivity index (χ4n) is 2.80. The van der Waals surface area contributed by atoms with Gasteiger partial charge in [0.1, 0.15) is 0 Å². The smallest absolute Gasteiger partial charge is 0.340 e. The normalized spacial score (nSPS) is 10.2. The molecule has 3 rings (SSSR count). The van der Waals surface area contributed by atoms with E-state index in [0.717, 1.165) is 11.3 Å². The molecule has 142 valence electrons. The molecule has 0 saturated carbocycles. The van der Waals surface area contributed by atoms with Crippen molar-refractivity contribution in [1.82, 2.24) is 0 Å². The molecule has 0 bridgehead atoms. The standard InChI is InChI=1S/C23H22N2O3/c1-2-28-23(27)19-13-7-9-15-21(19)25-22(26)18-12-6-8-14-20(18)24-16-17-10-4-3-5-11-17/h3-15,24H,2,16H2,1H3,(H,25,26). The van der Waals surface area contributed by atoms with E-state index in [4.69, 9.17) is 4.74 Å². The number of carbonyl (C=O) groups excluding carboxylic acids is 2. The Bertz CT molecular complexity index is 955. The van der Waals surface area contributed by atoms with Crippen LogP contribution in [0.2, 0.25) is 0 Å². The number of benzene rings is 3. The summed E-state index contributed by atoms with van der Waals surface area (Å²) < 4.78 is 5.06. The van der Waals surface area contributed by atoms with Gasteiger partial charge >= 0.3 is 5.97 Å². The van der Waals surface area contributed by atoms with Crippen LogP contribution in [-0.2, 0) is 11.3 Å². The number of esters is 1. The topological polar surface area (TPSA) is 67.4 Å². The maximum Gasteiger partial charge on any atom is 0.340 e. The van der Waals surface area contributed by atoms with Gasteiger partial charge in [0.25, 0.3) is 5.91 Å². The largest absolute Gasteiger partial charge is 0.462 e. The van der Waals surface area contributed by atoms with E-state index in [2.05, 4.69) is 10.6 Å². The lowest BCUT2D eigenvalue weighted by molar-refractivity contribution is 0.0527. The van der Waals surface area contributed by atoms with E-state index in [1.165, 1.54) is 0 Å². The molecule has 0 radical (unpaired) electrons. The lowest BCUT2D eigenvalue weighted by Crippen LogP contribution is -2.17. The third kappa shape index (κ3) is 4.76. The van der Waals surface area contributed by atoms with Crippen molar-refractivity contribution in [2.24, 2.45) is 0 Å². The monoisotopic (exact) mass is 374 g/mol. The molecule has 3 aromatic carbocycles. The summed E-state index contributed by atoms with van der Waals surface area (Å²) in [6.45, 7) is 2.62. The van der Waals surface area contributed by atoms with Gasteiger partial charge in [-0.05, 0) is 36.8 Å². The number of hydrogen-bond acceptors (Lipinski definition) is 4. The van der Waals surface area contributed by atoms with Gasteiger partial charge in [-0.1, -0.05) is 54.6 Å². The van der Waals surface area contributed by atoms with E-state index in [0.29, 0.717) is 23.4 Å². The molecule has 2 N–H and O–H groups in total. The van der Waals surface area contributed by atoms with Crippen molar-refractivity contribution in [1.29, 1.82) is 0 Å². The Morgan fingerprint density at radius 3 is 2.11 bits per heavy atom. The summed E-state index contributed by atoms with van der Waals surface area (Å²) in [4.78, 5) is 25.0. The van der Waals surface area contributed by atoms with Crippen molar-refractivity contribution in [2.75, 3.05) is 17.2 Å². The van der Waals surface area contributed by atoms with Gasteiger partial charge in [0.15, 0.2) is 0 Å². The summed E-state index contributed by atoms with van der Waals surface area (Å²) in [6.07, 6.45) is 0. The quantitative estimate of drug-likeness (QED) is 0.587. The highest BCUT2D eigenvalue weighted by molar-refractivity contribution is 6.10. The number of rotatable bonds is 7. The molecular weight excluding hydrogens is 352 g/mol. The number of amides is 1. The van der Waals surface area contributed by atoms with E-state index in [9.17, 15) is 9.59 Å². The first-order chi connectivity index (χ1) is 13.7. The molecule has 28 heavy (non-hydrogen) atoms. The van der Waals surface area contributed by atoms with Crippen LogP contribution in [-0.4, -0.2) is 18.5 Å². The first-order valence-electron chi connectivity index (χ1n) is 9.13. The maximum absolute atomic E-state index is 12.9. The summed E-state index contributed by atoms with van der Waals surface area (Å²) in [5.41, 5.74) is 3.08. The molecule has 5 nitrogen and oxygen atoms in total. The molecule has 0 spiro atoms. The highest BCUT2D eigenvalue weighted by atomic mass is 16.5. The number of carbonyl (C=O) groups is 2. The van der Waals surface area contributed by atoms with E-state index in [-0.39, 0.29) is 12.5 Å². The summed E-state index contributed by atoms with van der Waals surface area (Å²) in [6, 6.07) is 24.0. The van der Waals surface area contributed by atoms with Crippen molar-refractivity contribution in [3.63, 3.8) is 0 Å². The number of anilines is 2. The molecule has 5 heteroatoms. The molecule has 0 unspecified atom stereocenters. The zero-order valence-corrected chi connectivity index (χ0v) is 15.6. The summed E-state index contributed by atoms with van der Waals surface area (Å²) in [5.74, 6) is -0.762. The zero-order chi connectivity index (χ0) is 19.8. The number of ether oxygens (including phenoxy) is 1. The van der Waals surface area contributed by atoms with Crippen LogP contribution in [0.5, 0.6) is 0 Å². The Hall–Kier alpha value is -3.60. The molecule has 0 aliphatic carbocycles. The zero-order valence-electron chi connectivity index (χ0n) is 15.6. The molecule has 0 atom stereocenters. The molecule has 0 aliphatic heterocycles. The average Bonchev–Trinajstić information content (AvgIpc) is 2.73. The summed E-state index contributed by atoms with van der Waals surface area (Å²) in [7, 11) is 0. The van der Waals surface area contributed by atoms with Crippen LogP contribution in [0.1, 0.15) is 33.2 Å².